The maximum absolute atomic E-state index is 4.83. The SMILES string of the molecule is CC1(N(c2ccc[nH]2)C2C=CC=N2)C=CC([Si](c2ccccc2)(c2ccccc2)c2ccc3c(c2)c2ccccc2n3C2=CC=CCC2)=CC1. The molecule has 0 saturated carbocycles. The molecule has 4 nitrogen and oxygen atoms in total. The summed E-state index contributed by atoms with van der Waals surface area (Å²) in [6.07, 6.45) is 25.2. The molecule has 2 atom stereocenters. The van der Waals surface area contributed by atoms with Gasteiger partial charge in [-0.15, -0.1) is 0 Å². The van der Waals surface area contributed by atoms with Crippen molar-refractivity contribution in [2.24, 2.45) is 4.99 Å². The molecule has 6 aromatic rings. The van der Waals surface area contributed by atoms with Crippen LogP contribution in [0.1, 0.15) is 26.2 Å². The van der Waals surface area contributed by atoms with E-state index in [1.165, 1.54) is 48.3 Å². The largest absolute Gasteiger partial charge is 0.348 e. The van der Waals surface area contributed by atoms with E-state index in [2.05, 4.69) is 185 Å². The lowest BCUT2D eigenvalue weighted by Gasteiger charge is -2.45. The number of allylic oxidation sites excluding steroid dienone is 7. The van der Waals surface area contributed by atoms with Crippen molar-refractivity contribution in [3.63, 3.8) is 0 Å². The average Bonchev–Trinajstić information content (AvgIpc) is 3.96. The summed E-state index contributed by atoms with van der Waals surface area (Å²) in [6.45, 7) is 2.34. The molecule has 9 rings (SSSR count). The van der Waals surface area contributed by atoms with E-state index in [-0.39, 0.29) is 11.7 Å². The highest BCUT2D eigenvalue weighted by molar-refractivity contribution is 7.16. The molecular formula is C45H40N4Si. The van der Waals surface area contributed by atoms with E-state index in [4.69, 9.17) is 4.99 Å². The minimum absolute atomic E-state index is 0.0574. The number of anilines is 1. The van der Waals surface area contributed by atoms with Gasteiger partial charge in [-0.05, 0) is 89.4 Å². The summed E-state index contributed by atoms with van der Waals surface area (Å²) in [4.78, 5) is 10.7. The van der Waals surface area contributed by atoms with Crippen LogP contribution in [0.25, 0.3) is 27.5 Å². The van der Waals surface area contributed by atoms with Crippen molar-refractivity contribution in [1.29, 1.82) is 0 Å². The monoisotopic (exact) mass is 664 g/mol. The molecule has 0 radical (unpaired) electrons. The van der Waals surface area contributed by atoms with Crippen LogP contribution in [-0.2, 0) is 0 Å². The van der Waals surface area contributed by atoms with Crippen molar-refractivity contribution in [3.8, 4) is 0 Å². The topological polar surface area (TPSA) is 36.3 Å². The molecule has 1 N–H and O–H groups in total. The van der Waals surface area contributed by atoms with Crippen molar-refractivity contribution < 1.29 is 0 Å². The Labute approximate surface area is 294 Å². The van der Waals surface area contributed by atoms with Crippen molar-refractivity contribution in [2.45, 2.75) is 37.9 Å². The lowest BCUT2D eigenvalue weighted by molar-refractivity contribution is 0.483. The molecule has 2 aromatic heterocycles. The maximum Gasteiger partial charge on any atom is 0.179 e. The highest BCUT2D eigenvalue weighted by Gasteiger charge is 2.45. The molecule has 1 aliphatic heterocycles. The zero-order valence-corrected chi connectivity index (χ0v) is 29.3. The van der Waals surface area contributed by atoms with Gasteiger partial charge < -0.3 is 14.5 Å². The molecule has 3 heterocycles. The summed E-state index contributed by atoms with van der Waals surface area (Å²) in [6, 6.07) is 43.1. The zero-order valence-electron chi connectivity index (χ0n) is 28.3. The quantitative estimate of drug-likeness (QED) is 0.129. The van der Waals surface area contributed by atoms with Crippen LogP contribution in [0.15, 0.2) is 180 Å². The van der Waals surface area contributed by atoms with Crippen LogP contribution in [-0.4, -0.2) is 35.5 Å². The zero-order chi connectivity index (χ0) is 33.5. The molecule has 0 amide bonds. The Morgan fingerprint density at radius 3 is 2.22 bits per heavy atom. The smallest absolute Gasteiger partial charge is 0.179 e. The van der Waals surface area contributed by atoms with Crippen molar-refractivity contribution in [2.75, 3.05) is 4.90 Å². The van der Waals surface area contributed by atoms with E-state index in [1.54, 1.807) is 0 Å². The number of hydrogen-bond donors (Lipinski definition) is 1. The fourth-order valence-corrected chi connectivity index (χ4v) is 13.3. The normalized spacial score (nSPS) is 20.1. The van der Waals surface area contributed by atoms with E-state index in [0.717, 1.165) is 25.1 Å². The van der Waals surface area contributed by atoms with Gasteiger partial charge in [0.2, 0.25) is 0 Å². The minimum Gasteiger partial charge on any atom is -0.348 e. The third-order valence-electron chi connectivity index (χ3n) is 10.9. The van der Waals surface area contributed by atoms with E-state index in [1.807, 2.05) is 12.4 Å². The number of fused-ring (bicyclic) bond motifs is 3. The van der Waals surface area contributed by atoms with Crippen LogP contribution < -0.4 is 20.5 Å². The van der Waals surface area contributed by atoms with Gasteiger partial charge in [0.15, 0.2) is 8.07 Å². The van der Waals surface area contributed by atoms with Gasteiger partial charge in [0.25, 0.3) is 0 Å². The Morgan fingerprint density at radius 2 is 1.56 bits per heavy atom. The number of hydrogen-bond acceptors (Lipinski definition) is 2. The number of H-pyrrole nitrogens is 1. The summed E-state index contributed by atoms with van der Waals surface area (Å²) in [5, 5.41) is 8.19. The van der Waals surface area contributed by atoms with Gasteiger partial charge in [0.05, 0.1) is 16.6 Å². The van der Waals surface area contributed by atoms with Crippen LogP contribution in [0.3, 0.4) is 0 Å². The number of para-hydroxylation sites is 1. The summed E-state index contributed by atoms with van der Waals surface area (Å²) < 4.78 is 2.49. The summed E-state index contributed by atoms with van der Waals surface area (Å²) in [5.74, 6) is 1.07. The summed E-state index contributed by atoms with van der Waals surface area (Å²) in [5.41, 5.74) is 3.62. The molecule has 5 heteroatoms. The third-order valence-corrected chi connectivity index (χ3v) is 15.7. The molecule has 50 heavy (non-hydrogen) atoms. The van der Waals surface area contributed by atoms with Gasteiger partial charge in [-0.25, -0.2) is 0 Å². The molecule has 2 unspecified atom stereocenters. The first-order valence-corrected chi connectivity index (χ1v) is 19.7. The molecule has 3 aliphatic rings. The fourth-order valence-electron chi connectivity index (χ4n) is 8.53. The van der Waals surface area contributed by atoms with Crippen molar-refractivity contribution in [3.05, 3.63) is 175 Å². The molecular weight excluding hydrogens is 625 g/mol. The number of nitrogens with zero attached hydrogens (tertiary/aromatic N) is 3. The Hall–Kier alpha value is -5.65. The predicted molar refractivity (Wildman–Crippen MR) is 215 cm³/mol. The summed E-state index contributed by atoms with van der Waals surface area (Å²) in [7, 11) is -2.78. The second-order valence-corrected chi connectivity index (χ2v) is 17.6. The van der Waals surface area contributed by atoms with Gasteiger partial charge in [-0.2, -0.15) is 0 Å². The summed E-state index contributed by atoms with van der Waals surface area (Å²) >= 11 is 0. The van der Waals surface area contributed by atoms with E-state index >= 15 is 0 Å². The standard InChI is InChI=1S/C45H40N4Si/c1-45(49(43-23-13-31-46-43)44-24-14-32-47-44)29-27-37(28-30-45)50(35-17-7-3-8-18-35,36-19-9-4-10-20-36)38-25-26-42-40(33-38)39-21-11-12-22-41(39)48(42)34-15-5-2-6-16-34/h2-5,7-15,17-29,31-33,43,47H,6,16,30H2,1H3. The van der Waals surface area contributed by atoms with Crippen LogP contribution in [0.2, 0.25) is 0 Å². The molecule has 0 spiro atoms. The first-order valence-electron chi connectivity index (χ1n) is 17.7. The fraction of sp³-hybridized carbons (Fsp3) is 0.133. The van der Waals surface area contributed by atoms with Crippen molar-refractivity contribution in [1.82, 2.24) is 9.55 Å². The maximum atomic E-state index is 4.83. The second-order valence-electron chi connectivity index (χ2n) is 13.8. The lowest BCUT2D eigenvalue weighted by atomic mass is 9.90. The Kier molecular flexibility index (Phi) is 7.51. The minimum atomic E-state index is -2.78. The van der Waals surface area contributed by atoms with E-state index in [0.29, 0.717) is 0 Å². The first kappa shape index (κ1) is 30.4. The molecule has 2 aliphatic carbocycles. The van der Waals surface area contributed by atoms with E-state index in [9.17, 15) is 0 Å². The first-order chi connectivity index (χ1) is 24.7. The molecule has 0 bridgehead atoms. The highest BCUT2D eigenvalue weighted by atomic mass is 28.3. The molecule has 244 valence electrons. The number of aliphatic imine (C=N–C) groups is 1. The lowest BCUT2D eigenvalue weighted by Crippen LogP contribution is -2.68. The average molecular weight is 665 g/mol. The Balaban J connectivity index is 1.26. The van der Waals surface area contributed by atoms with Gasteiger partial charge >= 0.3 is 0 Å². The van der Waals surface area contributed by atoms with Crippen LogP contribution in [0.5, 0.6) is 0 Å². The number of aromatic nitrogens is 2. The van der Waals surface area contributed by atoms with E-state index < -0.39 is 8.07 Å². The van der Waals surface area contributed by atoms with Crippen LogP contribution in [0.4, 0.5) is 5.82 Å². The highest BCUT2D eigenvalue weighted by Crippen LogP contribution is 2.38. The Morgan fingerprint density at radius 1 is 0.800 bits per heavy atom. The van der Waals surface area contributed by atoms with Crippen LogP contribution in [0, 0.1) is 0 Å². The van der Waals surface area contributed by atoms with Crippen molar-refractivity contribution >= 4 is 63.2 Å². The third kappa shape index (κ3) is 4.84. The van der Waals surface area contributed by atoms with Gasteiger partial charge in [0.1, 0.15) is 12.0 Å². The van der Waals surface area contributed by atoms with Crippen LogP contribution >= 0.6 is 0 Å². The predicted octanol–water partition coefficient (Wildman–Crippen LogP) is 8.44. The second kappa shape index (κ2) is 12.3. The Bertz CT molecular complexity index is 2320. The number of aromatic amines is 1. The molecule has 0 saturated heterocycles. The number of nitrogens with one attached hydrogen (secondary N) is 1. The van der Waals surface area contributed by atoms with Gasteiger partial charge in [-0.3, -0.25) is 4.99 Å². The van der Waals surface area contributed by atoms with Gasteiger partial charge in [-0.1, -0.05) is 121 Å². The number of rotatable bonds is 8. The van der Waals surface area contributed by atoms with Gasteiger partial charge in [0, 0.05) is 28.9 Å². The molecule has 0 fully saturated rings. The molecule has 4 aromatic carbocycles. The number of benzene rings is 4.